The second-order valence-electron chi connectivity index (χ2n) is 10.4. The molecular formula is C33H32N8O3. The number of rotatable bonds is 9. The lowest BCUT2D eigenvalue weighted by Gasteiger charge is -2.37. The molecule has 44 heavy (non-hydrogen) atoms. The fourth-order valence-electron chi connectivity index (χ4n) is 5.62. The lowest BCUT2D eigenvalue weighted by molar-refractivity contribution is 0.104. The number of carbonyl (C=O) groups excluding carboxylic acids is 1. The molecule has 6 rings (SSSR count). The Morgan fingerprint density at radius 2 is 1.89 bits per heavy atom. The predicted molar refractivity (Wildman–Crippen MR) is 167 cm³/mol. The van der Waals surface area contributed by atoms with Crippen LogP contribution in [0.15, 0.2) is 91.8 Å². The largest absolute Gasteiger partial charge is 0.493 e. The Bertz CT molecular complexity index is 1820. The van der Waals surface area contributed by atoms with Crippen LogP contribution in [0.2, 0.25) is 0 Å². The minimum absolute atomic E-state index is 0.0787. The van der Waals surface area contributed by atoms with Crippen molar-refractivity contribution in [3.8, 4) is 17.2 Å². The highest BCUT2D eigenvalue weighted by atomic mass is 16.5. The highest BCUT2D eigenvalue weighted by Gasteiger charge is 2.27. The van der Waals surface area contributed by atoms with E-state index in [-0.39, 0.29) is 23.6 Å². The summed E-state index contributed by atoms with van der Waals surface area (Å²) in [5, 5.41) is 4.23. The molecule has 1 unspecified atom stereocenters. The molecule has 5 aromatic rings. The molecule has 2 aromatic heterocycles. The molecule has 0 saturated heterocycles. The maximum atomic E-state index is 13.8. The molecule has 0 radical (unpaired) electrons. The van der Waals surface area contributed by atoms with Crippen LogP contribution in [-0.4, -0.2) is 56.2 Å². The van der Waals surface area contributed by atoms with Crippen LogP contribution in [0.1, 0.15) is 44.2 Å². The molecule has 222 valence electrons. The highest BCUT2D eigenvalue weighted by molar-refractivity contribution is 6.07. The lowest BCUT2D eigenvalue weighted by Crippen LogP contribution is -2.32. The third-order valence-electron chi connectivity index (χ3n) is 7.75. The number of nitrogens with two attached hydrogens (primary N) is 2. The molecule has 1 atom stereocenters. The van der Waals surface area contributed by atoms with Crippen LogP contribution >= 0.6 is 0 Å². The first-order valence-electron chi connectivity index (χ1n) is 14.1. The molecule has 3 heterocycles. The summed E-state index contributed by atoms with van der Waals surface area (Å²) in [6.45, 7) is 0.743. The van der Waals surface area contributed by atoms with Gasteiger partial charge in [0.15, 0.2) is 17.3 Å². The quantitative estimate of drug-likeness (QED) is 0.190. The van der Waals surface area contributed by atoms with E-state index in [1.807, 2.05) is 24.4 Å². The fraction of sp³-hybridized carbons (Fsp3) is 0.182. The fourth-order valence-corrected chi connectivity index (χ4v) is 5.62. The van der Waals surface area contributed by atoms with Gasteiger partial charge >= 0.3 is 0 Å². The Balaban J connectivity index is 1.32. The summed E-state index contributed by atoms with van der Waals surface area (Å²) in [4.78, 5) is 28.1. The first kappa shape index (κ1) is 28.4. The number of ether oxygens (including phenoxy) is 2. The van der Waals surface area contributed by atoms with Gasteiger partial charge in [-0.15, -0.1) is 0 Å². The van der Waals surface area contributed by atoms with E-state index in [0.29, 0.717) is 29.0 Å². The molecule has 1 aliphatic rings. The standard InChI is InChI=1S/C33H32N8O3/c1-43-29-17-21(15-24-18-37-33(35)39-32(24)34)16-27(31(29)44-2)28(42)12-14-40-13-11-22-5-3-4-6-26(22)30(40)23-7-9-25(10-8-23)41-20-36-19-38-41/h3-10,12,14,16-20,30H,11,13,15H2,1-2H3,(H4,34,35,37,39). The number of allylic oxidation sites excluding steroid dienone is 1. The number of carbonyl (C=O) groups is 1. The Morgan fingerprint density at radius 1 is 1.07 bits per heavy atom. The zero-order valence-electron chi connectivity index (χ0n) is 24.4. The van der Waals surface area contributed by atoms with E-state index in [0.717, 1.165) is 29.8 Å². The molecule has 4 N–H and O–H groups in total. The molecular weight excluding hydrogens is 556 g/mol. The third kappa shape index (κ3) is 5.67. The van der Waals surface area contributed by atoms with Gasteiger partial charge in [-0.05, 0) is 52.9 Å². The summed E-state index contributed by atoms with van der Waals surface area (Å²) >= 11 is 0. The molecule has 0 saturated carbocycles. The highest BCUT2D eigenvalue weighted by Crippen LogP contribution is 2.37. The number of benzene rings is 3. The zero-order valence-corrected chi connectivity index (χ0v) is 24.4. The number of fused-ring (bicyclic) bond motifs is 1. The summed E-state index contributed by atoms with van der Waals surface area (Å²) < 4.78 is 12.9. The summed E-state index contributed by atoms with van der Waals surface area (Å²) in [5.41, 5.74) is 18.1. The Kier molecular flexibility index (Phi) is 7.92. The van der Waals surface area contributed by atoms with E-state index in [1.165, 1.54) is 31.7 Å². The van der Waals surface area contributed by atoms with Gasteiger partial charge in [0.1, 0.15) is 18.5 Å². The molecule has 0 bridgehead atoms. The Hall–Kier alpha value is -5.71. The molecule has 0 aliphatic carbocycles. The smallest absolute Gasteiger partial charge is 0.221 e. The SMILES string of the molecule is COc1cc(Cc2cnc(N)nc2N)cc(C(=O)C=CN2CCc3ccccc3C2c2ccc(-n3cncn3)cc2)c1OC. The van der Waals surface area contributed by atoms with Crippen molar-refractivity contribution in [1.82, 2.24) is 29.6 Å². The number of aromatic nitrogens is 5. The van der Waals surface area contributed by atoms with Crippen LogP contribution in [0.5, 0.6) is 11.5 Å². The second kappa shape index (κ2) is 12.3. The van der Waals surface area contributed by atoms with Crippen LogP contribution < -0.4 is 20.9 Å². The van der Waals surface area contributed by atoms with Crippen molar-refractivity contribution in [2.45, 2.75) is 18.9 Å². The number of nitrogen functional groups attached to an aromatic ring is 2. The van der Waals surface area contributed by atoms with Crippen molar-refractivity contribution in [2.75, 3.05) is 32.2 Å². The van der Waals surface area contributed by atoms with Crippen LogP contribution in [0.3, 0.4) is 0 Å². The monoisotopic (exact) mass is 588 g/mol. The second-order valence-corrected chi connectivity index (χ2v) is 10.4. The molecule has 3 aromatic carbocycles. The number of hydrogen-bond acceptors (Lipinski definition) is 10. The normalized spacial score (nSPS) is 14.4. The zero-order chi connectivity index (χ0) is 30.6. The van der Waals surface area contributed by atoms with E-state index in [4.69, 9.17) is 20.9 Å². The Morgan fingerprint density at radius 3 is 2.61 bits per heavy atom. The van der Waals surface area contributed by atoms with E-state index >= 15 is 0 Å². The average Bonchev–Trinajstić information content (AvgIpc) is 3.59. The van der Waals surface area contributed by atoms with Crippen LogP contribution in [0.25, 0.3) is 5.69 Å². The summed E-state index contributed by atoms with van der Waals surface area (Å²) in [5.74, 6) is 0.962. The van der Waals surface area contributed by atoms with E-state index in [9.17, 15) is 4.79 Å². The number of nitrogens with zero attached hydrogens (tertiary/aromatic N) is 6. The van der Waals surface area contributed by atoms with Gasteiger partial charge in [0.25, 0.3) is 0 Å². The number of anilines is 2. The van der Waals surface area contributed by atoms with Gasteiger partial charge < -0.3 is 25.8 Å². The van der Waals surface area contributed by atoms with Crippen molar-refractivity contribution in [2.24, 2.45) is 0 Å². The van der Waals surface area contributed by atoms with Crippen LogP contribution in [-0.2, 0) is 12.8 Å². The van der Waals surface area contributed by atoms with Crippen molar-refractivity contribution >= 4 is 17.5 Å². The number of hydrogen-bond donors (Lipinski definition) is 2. The van der Waals surface area contributed by atoms with E-state index in [2.05, 4.69) is 61.3 Å². The van der Waals surface area contributed by atoms with Crippen LogP contribution in [0.4, 0.5) is 11.8 Å². The minimum Gasteiger partial charge on any atom is -0.493 e. The summed E-state index contributed by atoms with van der Waals surface area (Å²) in [6, 6.07) is 20.2. The molecule has 0 amide bonds. The Labute approximate surface area is 254 Å². The van der Waals surface area contributed by atoms with Gasteiger partial charge in [0.2, 0.25) is 5.95 Å². The summed E-state index contributed by atoms with van der Waals surface area (Å²) in [7, 11) is 3.06. The van der Waals surface area contributed by atoms with E-state index in [1.54, 1.807) is 29.3 Å². The van der Waals surface area contributed by atoms with Crippen molar-refractivity contribution in [3.63, 3.8) is 0 Å². The van der Waals surface area contributed by atoms with Gasteiger partial charge in [0.05, 0.1) is 31.5 Å². The van der Waals surface area contributed by atoms with E-state index < -0.39 is 0 Å². The molecule has 11 nitrogen and oxygen atoms in total. The predicted octanol–water partition coefficient (Wildman–Crippen LogP) is 4.17. The summed E-state index contributed by atoms with van der Waals surface area (Å²) in [6.07, 6.45) is 9.47. The molecule has 0 spiro atoms. The maximum Gasteiger partial charge on any atom is 0.221 e. The first-order valence-corrected chi connectivity index (χ1v) is 14.1. The van der Waals surface area contributed by atoms with Crippen molar-refractivity contribution in [1.29, 1.82) is 0 Å². The van der Waals surface area contributed by atoms with Gasteiger partial charge in [-0.3, -0.25) is 4.79 Å². The van der Waals surface area contributed by atoms with Gasteiger partial charge in [-0.25, -0.2) is 14.6 Å². The van der Waals surface area contributed by atoms with Crippen LogP contribution in [0, 0.1) is 0 Å². The van der Waals surface area contributed by atoms with Crippen molar-refractivity contribution in [3.05, 3.63) is 125 Å². The topological polar surface area (TPSA) is 147 Å². The molecule has 0 fully saturated rings. The van der Waals surface area contributed by atoms with Gasteiger partial charge in [-0.1, -0.05) is 36.4 Å². The first-order chi connectivity index (χ1) is 21.4. The average molecular weight is 589 g/mol. The van der Waals surface area contributed by atoms with Gasteiger partial charge in [0, 0.05) is 37.0 Å². The lowest BCUT2D eigenvalue weighted by atomic mass is 9.88. The van der Waals surface area contributed by atoms with Crippen molar-refractivity contribution < 1.29 is 14.3 Å². The molecule has 1 aliphatic heterocycles. The number of ketones is 1. The minimum atomic E-state index is -0.220. The van der Waals surface area contributed by atoms with Gasteiger partial charge in [-0.2, -0.15) is 10.1 Å². The third-order valence-corrected chi connectivity index (χ3v) is 7.75. The number of methoxy groups -OCH3 is 2. The molecule has 11 heteroatoms. The maximum absolute atomic E-state index is 13.8.